The molecule has 78 valence electrons. The summed E-state index contributed by atoms with van der Waals surface area (Å²) in [5, 5.41) is 0.138. The number of anilines is 1. The van der Waals surface area contributed by atoms with Gasteiger partial charge >= 0.3 is 0 Å². The van der Waals surface area contributed by atoms with Crippen molar-refractivity contribution >= 4 is 17.3 Å². The van der Waals surface area contributed by atoms with Crippen LogP contribution in [0.15, 0.2) is 6.20 Å². The molecule has 0 aromatic carbocycles. The van der Waals surface area contributed by atoms with Gasteiger partial charge in [0.25, 0.3) is 0 Å². The lowest BCUT2D eigenvalue weighted by Crippen LogP contribution is -2.20. The Labute approximate surface area is 87.8 Å². The third-order valence-corrected chi connectivity index (χ3v) is 1.71. The van der Waals surface area contributed by atoms with Gasteiger partial charge in [-0.3, -0.25) is 0 Å². The summed E-state index contributed by atoms with van der Waals surface area (Å²) >= 11 is 5.59. The van der Waals surface area contributed by atoms with Gasteiger partial charge in [-0.1, -0.05) is 0 Å². The van der Waals surface area contributed by atoms with E-state index in [4.69, 9.17) is 22.1 Å². The molecule has 1 aromatic heterocycles. The van der Waals surface area contributed by atoms with Gasteiger partial charge in [-0.15, -0.1) is 0 Å². The fraction of sp³-hybridized carbons (Fsp3) is 0.500. The molecule has 6 heteroatoms. The van der Waals surface area contributed by atoms with Crippen LogP contribution in [0.3, 0.4) is 0 Å². The molecule has 0 aliphatic carbocycles. The molecular weight excluding hydrogens is 204 g/mol. The van der Waals surface area contributed by atoms with Crippen LogP contribution >= 0.6 is 11.6 Å². The SMILES string of the molecule is CN(C)CCOc1nc(Cl)ncc1N. The number of likely N-dealkylation sites (N-methyl/N-ethyl adjacent to an activating group) is 1. The highest BCUT2D eigenvalue weighted by Crippen LogP contribution is 2.17. The van der Waals surface area contributed by atoms with Crippen molar-refractivity contribution < 1.29 is 4.74 Å². The molecule has 0 bridgehead atoms. The third kappa shape index (κ3) is 3.35. The minimum absolute atomic E-state index is 0.138. The fourth-order valence-corrected chi connectivity index (χ4v) is 0.921. The van der Waals surface area contributed by atoms with Crippen molar-refractivity contribution in [1.29, 1.82) is 0 Å². The average molecular weight is 217 g/mol. The van der Waals surface area contributed by atoms with Crippen molar-refractivity contribution in [1.82, 2.24) is 14.9 Å². The van der Waals surface area contributed by atoms with Crippen molar-refractivity contribution in [2.24, 2.45) is 0 Å². The van der Waals surface area contributed by atoms with Crippen LogP contribution in [0.25, 0.3) is 0 Å². The van der Waals surface area contributed by atoms with E-state index in [0.717, 1.165) is 6.54 Å². The summed E-state index contributed by atoms with van der Waals surface area (Å²) in [6, 6.07) is 0. The van der Waals surface area contributed by atoms with Gasteiger partial charge in [0.2, 0.25) is 11.2 Å². The van der Waals surface area contributed by atoms with E-state index in [2.05, 4.69) is 9.97 Å². The molecule has 0 fully saturated rings. The number of nitrogens with two attached hydrogens (primary N) is 1. The largest absolute Gasteiger partial charge is 0.475 e. The molecule has 0 saturated heterocycles. The molecule has 0 aliphatic rings. The lowest BCUT2D eigenvalue weighted by molar-refractivity contribution is 0.255. The highest BCUT2D eigenvalue weighted by molar-refractivity contribution is 6.28. The van der Waals surface area contributed by atoms with Crippen LogP contribution in [-0.2, 0) is 0 Å². The maximum absolute atomic E-state index is 5.59. The smallest absolute Gasteiger partial charge is 0.241 e. The number of hydrogen-bond donors (Lipinski definition) is 1. The monoisotopic (exact) mass is 216 g/mol. The number of hydrogen-bond acceptors (Lipinski definition) is 5. The molecule has 0 amide bonds. The van der Waals surface area contributed by atoms with E-state index in [1.54, 1.807) is 0 Å². The van der Waals surface area contributed by atoms with Gasteiger partial charge in [0.05, 0.1) is 6.20 Å². The molecular formula is C8H13ClN4O. The predicted octanol–water partition coefficient (Wildman–Crippen LogP) is 0.653. The van der Waals surface area contributed by atoms with E-state index in [1.807, 2.05) is 19.0 Å². The van der Waals surface area contributed by atoms with Crippen LogP contribution in [0.1, 0.15) is 0 Å². The quantitative estimate of drug-likeness (QED) is 0.749. The standard InChI is InChI=1S/C8H13ClN4O/c1-13(2)3-4-14-7-6(10)5-11-8(9)12-7/h5H,3-4,10H2,1-2H3. The zero-order valence-electron chi connectivity index (χ0n) is 8.20. The van der Waals surface area contributed by atoms with E-state index in [-0.39, 0.29) is 5.28 Å². The second kappa shape index (κ2) is 4.97. The second-order valence-corrected chi connectivity index (χ2v) is 3.39. The van der Waals surface area contributed by atoms with E-state index in [9.17, 15) is 0 Å². The van der Waals surface area contributed by atoms with Crippen LogP contribution < -0.4 is 10.5 Å². The van der Waals surface area contributed by atoms with Crippen molar-refractivity contribution in [3.63, 3.8) is 0 Å². The Hall–Kier alpha value is -1.07. The summed E-state index contributed by atoms with van der Waals surface area (Å²) < 4.78 is 5.33. The Morgan fingerprint density at radius 1 is 1.57 bits per heavy atom. The van der Waals surface area contributed by atoms with Gasteiger partial charge in [0, 0.05) is 6.54 Å². The minimum Gasteiger partial charge on any atom is -0.475 e. The maximum Gasteiger partial charge on any atom is 0.241 e. The number of rotatable bonds is 4. The third-order valence-electron chi connectivity index (χ3n) is 1.53. The molecule has 2 N–H and O–H groups in total. The Kier molecular flexibility index (Phi) is 3.91. The minimum atomic E-state index is 0.138. The Balaban J connectivity index is 2.53. The van der Waals surface area contributed by atoms with Crippen molar-refractivity contribution in [2.45, 2.75) is 0 Å². The first kappa shape index (κ1) is 11.0. The van der Waals surface area contributed by atoms with Crippen molar-refractivity contribution in [2.75, 3.05) is 33.0 Å². The van der Waals surface area contributed by atoms with Crippen LogP contribution in [0.2, 0.25) is 5.28 Å². The van der Waals surface area contributed by atoms with Gasteiger partial charge in [-0.05, 0) is 25.7 Å². The summed E-state index contributed by atoms with van der Waals surface area (Å²) in [6.07, 6.45) is 1.43. The number of nitrogens with zero attached hydrogens (tertiary/aromatic N) is 3. The molecule has 0 radical (unpaired) electrons. The van der Waals surface area contributed by atoms with Crippen molar-refractivity contribution in [3.8, 4) is 5.88 Å². The summed E-state index contributed by atoms with van der Waals surface area (Å²) in [7, 11) is 3.92. The van der Waals surface area contributed by atoms with Crippen LogP contribution in [0.4, 0.5) is 5.69 Å². The van der Waals surface area contributed by atoms with Gasteiger partial charge in [0.1, 0.15) is 12.3 Å². The first-order valence-electron chi connectivity index (χ1n) is 4.15. The Morgan fingerprint density at radius 3 is 2.93 bits per heavy atom. The highest BCUT2D eigenvalue weighted by atomic mass is 35.5. The number of nitrogen functional groups attached to an aromatic ring is 1. The first-order chi connectivity index (χ1) is 6.59. The lowest BCUT2D eigenvalue weighted by atomic mass is 10.5. The Bertz CT molecular complexity index is 305. The molecule has 1 heterocycles. The van der Waals surface area contributed by atoms with Gasteiger partial charge in [-0.25, -0.2) is 4.98 Å². The number of aromatic nitrogens is 2. The molecule has 0 aliphatic heterocycles. The van der Waals surface area contributed by atoms with Crippen molar-refractivity contribution in [3.05, 3.63) is 11.5 Å². The second-order valence-electron chi connectivity index (χ2n) is 3.05. The summed E-state index contributed by atoms with van der Waals surface area (Å²) in [5.74, 6) is 0.340. The molecule has 1 rings (SSSR count). The van der Waals surface area contributed by atoms with Crippen LogP contribution in [0.5, 0.6) is 5.88 Å². The highest BCUT2D eigenvalue weighted by Gasteiger charge is 2.03. The summed E-state index contributed by atoms with van der Waals surface area (Å²) in [4.78, 5) is 9.58. The first-order valence-corrected chi connectivity index (χ1v) is 4.53. The van der Waals surface area contributed by atoms with E-state index < -0.39 is 0 Å². The normalized spacial score (nSPS) is 10.6. The molecule has 14 heavy (non-hydrogen) atoms. The van der Waals surface area contributed by atoms with Gasteiger partial charge in [0.15, 0.2) is 0 Å². The number of halogens is 1. The van der Waals surface area contributed by atoms with E-state index in [0.29, 0.717) is 18.2 Å². The average Bonchev–Trinajstić information content (AvgIpc) is 2.10. The molecule has 5 nitrogen and oxygen atoms in total. The summed E-state index contributed by atoms with van der Waals surface area (Å²) in [5.41, 5.74) is 5.98. The number of ether oxygens (including phenoxy) is 1. The van der Waals surface area contributed by atoms with Crippen LogP contribution in [-0.4, -0.2) is 42.1 Å². The van der Waals surface area contributed by atoms with E-state index >= 15 is 0 Å². The lowest BCUT2D eigenvalue weighted by Gasteiger charge is -2.11. The zero-order valence-corrected chi connectivity index (χ0v) is 8.95. The Morgan fingerprint density at radius 2 is 2.29 bits per heavy atom. The zero-order chi connectivity index (χ0) is 10.6. The van der Waals surface area contributed by atoms with E-state index in [1.165, 1.54) is 6.20 Å². The van der Waals surface area contributed by atoms with Gasteiger partial charge < -0.3 is 15.4 Å². The van der Waals surface area contributed by atoms with Gasteiger partial charge in [-0.2, -0.15) is 4.98 Å². The van der Waals surface area contributed by atoms with Crippen LogP contribution in [0, 0.1) is 0 Å². The molecule has 0 saturated carbocycles. The topological polar surface area (TPSA) is 64.3 Å². The summed E-state index contributed by atoms with van der Waals surface area (Å²) in [6.45, 7) is 1.31. The predicted molar refractivity (Wildman–Crippen MR) is 55.5 cm³/mol. The molecule has 1 aromatic rings. The fourth-order valence-electron chi connectivity index (χ4n) is 0.796. The molecule has 0 atom stereocenters. The maximum atomic E-state index is 5.59. The molecule has 0 unspecified atom stereocenters. The molecule has 0 spiro atoms.